The van der Waals surface area contributed by atoms with Crippen LogP contribution < -0.4 is 10.9 Å². The highest BCUT2D eigenvalue weighted by molar-refractivity contribution is 5.95. The first-order valence-corrected chi connectivity index (χ1v) is 13.0. The Morgan fingerprint density at radius 1 is 1.12 bits per heavy atom. The molecule has 10 nitrogen and oxygen atoms in total. The summed E-state index contributed by atoms with van der Waals surface area (Å²) in [7, 11) is 5.89. The number of pyridine rings is 1. The van der Waals surface area contributed by atoms with Crippen LogP contribution in [0.25, 0.3) is 10.9 Å². The summed E-state index contributed by atoms with van der Waals surface area (Å²) < 4.78 is 23.6. The Labute approximate surface area is 237 Å². The second-order valence-corrected chi connectivity index (χ2v) is 10.3. The Hall–Kier alpha value is -4.34. The summed E-state index contributed by atoms with van der Waals surface area (Å²) in [6, 6.07) is 11.1. The third-order valence-electron chi connectivity index (χ3n) is 5.99. The van der Waals surface area contributed by atoms with Crippen LogP contribution in [0.3, 0.4) is 0 Å². The van der Waals surface area contributed by atoms with Crippen LogP contribution in [0.1, 0.15) is 40.6 Å². The molecule has 0 bridgehead atoms. The van der Waals surface area contributed by atoms with Crippen molar-refractivity contribution in [2.45, 2.75) is 45.7 Å². The summed E-state index contributed by atoms with van der Waals surface area (Å²) in [5, 5.41) is 3.48. The van der Waals surface area contributed by atoms with Gasteiger partial charge in [-0.3, -0.25) is 14.4 Å². The second-order valence-electron chi connectivity index (χ2n) is 10.3. The largest absolute Gasteiger partial charge is 0.436 e. The molecule has 214 valence electrons. The molecule has 3 aromatic rings. The van der Waals surface area contributed by atoms with E-state index in [1.165, 1.54) is 47.3 Å². The van der Waals surface area contributed by atoms with E-state index < -0.39 is 36.5 Å². The van der Waals surface area contributed by atoms with Crippen molar-refractivity contribution in [2.75, 3.05) is 33.5 Å². The summed E-state index contributed by atoms with van der Waals surface area (Å²) in [5.74, 6) is -0.900. The molecular formula is C30H39N5O5. The van der Waals surface area contributed by atoms with Crippen LogP contribution in [0.4, 0.5) is 10.5 Å². The first kappa shape index (κ1) is 27.2. The van der Waals surface area contributed by atoms with Gasteiger partial charge in [0.05, 0.1) is 6.54 Å². The van der Waals surface area contributed by atoms with Crippen molar-refractivity contribution in [2.24, 2.45) is 5.92 Å². The number of likely N-dealkylation sites (N-methyl/N-ethyl adjacent to an activating group) is 1. The molecule has 0 saturated heterocycles. The first-order chi connectivity index (χ1) is 19.7. The molecule has 0 aliphatic rings. The lowest BCUT2D eigenvalue weighted by molar-refractivity contribution is -0.125. The normalized spacial score (nSPS) is 13.2. The van der Waals surface area contributed by atoms with E-state index in [9.17, 15) is 19.2 Å². The van der Waals surface area contributed by atoms with Crippen molar-refractivity contribution in [3.63, 3.8) is 0 Å². The SMILES string of the molecule is [2H]C([2H])(C/C=C/C(=O)N(C)C)C(OC(=O)N(C)C)C(=O)Nc1cccn(Cc2cc3cccc(CC(C)C)c3[nH]2)c1=O. The lowest BCUT2D eigenvalue weighted by Crippen LogP contribution is -2.37. The van der Waals surface area contributed by atoms with Gasteiger partial charge < -0.3 is 29.4 Å². The van der Waals surface area contributed by atoms with Gasteiger partial charge in [0.1, 0.15) is 5.69 Å². The average molecular weight is 552 g/mol. The minimum absolute atomic E-state index is 0.0980. The lowest BCUT2D eigenvalue weighted by Gasteiger charge is -2.19. The number of rotatable bonds is 11. The summed E-state index contributed by atoms with van der Waals surface area (Å²) >= 11 is 0. The van der Waals surface area contributed by atoms with Crippen molar-refractivity contribution < 1.29 is 21.9 Å². The maximum Gasteiger partial charge on any atom is 0.410 e. The fourth-order valence-corrected chi connectivity index (χ4v) is 3.99. The molecule has 0 aliphatic carbocycles. The van der Waals surface area contributed by atoms with Crippen LogP contribution in [0.5, 0.6) is 0 Å². The quantitative estimate of drug-likeness (QED) is 0.350. The average Bonchev–Trinajstić information content (AvgIpc) is 3.32. The zero-order valence-electron chi connectivity index (χ0n) is 25.9. The number of amides is 3. The number of hydrogen-bond acceptors (Lipinski definition) is 5. The monoisotopic (exact) mass is 551 g/mol. The Bertz CT molecular complexity index is 1520. The Balaban J connectivity index is 1.85. The molecule has 1 unspecified atom stereocenters. The molecule has 2 N–H and O–H groups in total. The van der Waals surface area contributed by atoms with E-state index in [4.69, 9.17) is 7.48 Å². The van der Waals surface area contributed by atoms with Gasteiger partial charge in [-0.15, -0.1) is 0 Å². The Morgan fingerprint density at radius 2 is 1.88 bits per heavy atom. The topological polar surface area (TPSA) is 117 Å². The molecule has 0 fully saturated rings. The zero-order valence-corrected chi connectivity index (χ0v) is 23.9. The molecule has 0 aliphatic heterocycles. The predicted octanol–water partition coefficient (Wildman–Crippen LogP) is 4.01. The van der Waals surface area contributed by atoms with Crippen molar-refractivity contribution in [1.82, 2.24) is 19.4 Å². The standard InChI is InChI=1S/C30H39N5O5/c1-20(2)17-21-11-9-12-22-18-23(31-27(21)22)19-35-16-10-13-24(29(35)38)32-28(37)25(40-30(39)34(5)6)14-7-8-15-26(36)33(3)4/h8-13,15-16,18,20,25,31H,7,14,17,19H2,1-6H3,(H,32,37)/b15-8+/i14D2. The molecule has 0 radical (unpaired) electrons. The zero-order chi connectivity index (χ0) is 31.2. The Kier molecular flexibility index (Phi) is 9.29. The van der Waals surface area contributed by atoms with Gasteiger partial charge >= 0.3 is 6.09 Å². The molecule has 1 aromatic carbocycles. The highest BCUT2D eigenvalue weighted by Gasteiger charge is 2.24. The van der Waals surface area contributed by atoms with E-state index in [-0.39, 0.29) is 18.1 Å². The number of ether oxygens (including phenoxy) is 1. The third kappa shape index (κ3) is 8.08. The van der Waals surface area contributed by atoms with Crippen molar-refractivity contribution in [3.8, 4) is 0 Å². The van der Waals surface area contributed by atoms with Crippen LogP contribution in [0, 0.1) is 5.92 Å². The number of carbonyl (C=O) groups is 3. The van der Waals surface area contributed by atoms with E-state index in [2.05, 4.69) is 30.2 Å². The van der Waals surface area contributed by atoms with Gasteiger partial charge in [0, 0.05) is 48.3 Å². The number of anilines is 1. The molecular weight excluding hydrogens is 510 g/mol. The van der Waals surface area contributed by atoms with Crippen LogP contribution >= 0.6 is 0 Å². The summed E-state index contributed by atoms with van der Waals surface area (Å²) in [6.45, 7) is 4.52. The van der Waals surface area contributed by atoms with Gasteiger partial charge in [0.25, 0.3) is 11.5 Å². The smallest absolute Gasteiger partial charge is 0.410 e. The van der Waals surface area contributed by atoms with Crippen LogP contribution in [-0.4, -0.2) is 71.6 Å². The molecule has 2 aromatic heterocycles. The number of fused-ring (bicyclic) bond motifs is 1. The molecule has 2 heterocycles. The highest BCUT2D eigenvalue weighted by Crippen LogP contribution is 2.22. The maximum absolute atomic E-state index is 13.3. The van der Waals surface area contributed by atoms with Gasteiger partial charge in [-0.25, -0.2) is 4.79 Å². The molecule has 1 atom stereocenters. The number of hydrogen-bond donors (Lipinski definition) is 2. The van der Waals surface area contributed by atoms with Crippen LogP contribution in [0.15, 0.2) is 59.5 Å². The summed E-state index contributed by atoms with van der Waals surface area (Å²) in [5.41, 5.74) is 2.41. The van der Waals surface area contributed by atoms with Gasteiger partial charge in [-0.05, 0) is 60.4 Å². The number of nitrogens with zero attached hydrogens (tertiary/aromatic N) is 3. The van der Waals surface area contributed by atoms with Crippen molar-refractivity contribution >= 4 is 34.5 Å². The highest BCUT2D eigenvalue weighted by atomic mass is 16.6. The second kappa shape index (κ2) is 13.6. The number of para-hydroxylation sites is 1. The number of aromatic amines is 1. The van der Waals surface area contributed by atoms with Crippen molar-refractivity contribution in [3.05, 3.63) is 76.4 Å². The fraction of sp³-hybridized carbons (Fsp3) is 0.400. The molecule has 40 heavy (non-hydrogen) atoms. The fourth-order valence-electron chi connectivity index (χ4n) is 3.99. The van der Waals surface area contributed by atoms with E-state index in [0.29, 0.717) is 5.92 Å². The van der Waals surface area contributed by atoms with E-state index in [1.807, 2.05) is 18.2 Å². The van der Waals surface area contributed by atoms with E-state index in [1.54, 1.807) is 26.4 Å². The minimum Gasteiger partial charge on any atom is -0.436 e. The van der Waals surface area contributed by atoms with Crippen molar-refractivity contribution in [1.29, 1.82) is 0 Å². The van der Waals surface area contributed by atoms with Gasteiger partial charge in [-0.1, -0.05) is 38.1 Å². The number of aromatic nitrogens is 2. The first-order valence-electron chi connectivity index (χ1n) is 14.0. The molecule has 0 saturated carbocycles. The Morgan fingerprint density at radius 3 is 2.55 bits per heavy atom. The molecule has 0 spiro atoms. The lowest BCUT2D eigenvalue weighted by atomic mass is 10.0. The van der Waals surface area contributed by atoms with E-state index >= 15 is 0 Å². The van der Waals surface area contributed by atoms with Gasteiger partial charge in [-0.2, -0.15) is 0 Å². The summed E-state index contributed by atoms with van der Waals surface area (Å²) in [4.78, 5) is 56.6. The number of H-pyrrole nitrogens is 1. The maximum atomic E-state index is 13.3. The van der Waals surface area contributed by atoms with E-state index in [0.717, 1.165) is 27.9 Å². The predicted molar refractivity (Wildman–Crippen MR) is 156 cm³/mol. The minimum atomic E-state index is -2.40. The number of nitrogens with one attached hydrogen (secondary N) is 2. The number of carbonyl (C=O) groups excluding carboxylic acids is 3. The van der Waals surface area contributed by atoms with Crippen LogP contribution in [-0.2, 0) is 27.3 Å². The van der Waals surface area contributed by atoms with Gasteiger partial charge in [0.15, 0.2) is 6.10 Å². The van der Waals surface area contributed by atoms with Crippen LogP contribution in [0.2, 0.25) is 0 Å². The van der Waals surface area contributed by atoms with Gasteiger partial charge in [0.2, 0.25) is 5.91 Å². The molecule has 10 heteroatoms. The number of allylic oxidation sites excluding steroid dienone is 1. The number of benzene rings is 1. The molecule has 3 amide bonds. The summed E-state index contributed by atoms with van der Waals surface area (Å²) in [6.07, 6.45) is -0.697. The third-order valence-corrected chi connectivity index (χ3v) is 5.99. The molecule has 3 rings (SSSR count).